The van der Waals surface area contributed by atoms with Crippen molar-refractivity contribution in [1.29, 1.82) is 5.26 Å². The lowest BCUT2D eigenvalue weighted by Crippen LogP contribution is -2.35. The number of nitrogens with zero attached hydrogens (tertiary/aromatic N) is 4. The molecule has 0 spiro atoms. The van der Waals surface area contributed by atoms with Gasteiger partial charge in [-0.1, -0.05) is 29.5 Å². The minimum absolute atomic E-state index is 0.108. The fourth-order valence-corrected chi connectivity index (χ4v) is 1.95. The minimum Gasteiger partial charge on any atom is -0.503 e. The molecular weight excluding hydrogens is 254 g/mol. The molecule has 0 radical (unpaired) electrons. The van der Waals surface area contributed by atoms with Gasteiger partial charge >= 0.3 is 5.82 Å². The topological polar surface area (TPSA) is 89.5 Å². The number of phenolic OH excluding ortho intramolecular Hbond substituents is 1. The summed E-state index contributed by atoms with van der Waals surface area (Å²) >= 11 is 0. The first-order valence-electron chi connectivity index (χ1n) is 5.92. The molecule has 1 heterocycles. The van der Waals surface area contributed by atoms with E-state index in [0.29, 0.717) is 11.5 Å². The van der Waals surface area contributed by atoms with Gasteiger partial charge in [-0.15, -0.1) is 4.68 Å². The van der Waals surface area contributed by atoms with Gasteiger partial charge < -0.3 is 5.11 Å². The van der Waals surface area contributed by atoms with E-state index in [1.165, 1.54) is 4.68 Å². The van der Waals surface area contributed by atoms with E-state index in [0.717, 1.165) is 5.56 Å². The van der Waals surface area contributed by atoms with Gasteiger partial charge in [-0.3, -0.25) is 0 Å². The van der Waals surface area contributed by atoms with Crippen LogP contribution in [0.4, 0.5) is 0 Å². The average Bonchev–Trinajstić information content (AvgIpc) is 2.97. The van der Waals surface area contributed by atoms with Crippen molar-refractivity contribution < 1.29 is 9.79 Å². The summed E-state index contributed by atoms with van der Waals surface area (Å²) in [6, 6.07) is 16.3. The number of hydrogen-bond donors (Lipinski definition) is 2. The Labute approximate surface area is 114 Å². The number of phenols is 1. The summed E-state index contributed by atoms with van der Waals surface area (Å²) in [7, 11) is 0. The lowest BCUT2D eigenvalue weighted by Gasteiger charge is -2.03. The number of nitriles is 1. The van der Waals surface area contributed by atoms with Gasteiger partial charge in [-0.25, -0.2) is 0 Å². The Balaban J connectivity index is 2.19. The van der Waals surface area contributed by atoms with Gasteiger partial charge in [0.05, 0.1) is 11.1 Å². The number of aromatic hydroxyl groups is 1. The van der Waals surface area contributed by atoms with Crippen LogP contribution in [-0.2, 0) is 0 Å². The van der Waals surface area contributed by atoms with Gasteiger partial charge in [0, 0.05) is 0 Å². The number of H-pyrrole nitrogens is 1. The molecule has 1 aromatic heterocycles. The fraction of sp³-hybridized carbons (Fsp3) is 0. The van der Waals surface area contributed by atoms with Gasteiger partial charge in [0.1, 0.15) is 11.2 Å². The standard InChI is InChI=1S/C14H9N5O/c15-9-11-7-4-8-12(13(11)20)19-14(16-17-18-19)10-5-2-1-3-6-10/h1-8,20H/p+1. The maximum Gasteiger partial charge on any atom is 0.337 e. The Morgan fingerprint density at radius 2 is 1.90 bits per heavy atom. The van der Waals surface area contributed by atoms with Crippen molar-refractivity contribution in [2.24, 2.45) is 0 Å². The summed E-state index contributed by atoms with van der Waals surface area (Å²) in [6.45, 7) is 0. The number of rotatable bonds is 2. The molecule has 0 fully saturated rings. The van der Waals surface area contributed by atoms with Gasteiger partial charge in [-0.2, -0.15) is 5.26 Å². The van der Waals surface area contributed by atoms with Crippen molar-refractivity contribution in [1.82, 2.24) is 15.5 Å². The smallest absolute Gasteiger partial charge is 0.337 e. The van der Waals surface area contributed by atoms with Crippen LogP contribution in [0.25, 0.3) is 17.1 Å². The fourth-order valence-electron chi connectivity index (χ4n) is 1.95. The molecule has 2 aromatic carbocycles. The molecule has 20 heavy (non-hydrogen) atoms. The van der Waals surface area contributed by atoms with Crippen LogP contribution in [0.1, 0.15) is 5.56 Å². The molecule has 3 rings (SSSR count). The molecule has 2 N–H and O–H groups in total. The van der Waals surface area contributed by atoms with E-state index in [2.05, 4.69) is 15.5 Å². The first-order valence-corrected chi connectivity index (χ1v) is 5.92. The molecule has 96 valence electrons. The molecule has 0 aliphatic heterocycles. The van der Waals surface area contributed by atoms with Crippen molar-refractivity contribution in [2.45, 2.75) is 0 Å². The molecule has 0 saturated heterocycles. The molecule has 0 saturated carbocycles. The highest BCUT2D eigenvalue weighted by atomic mass is 16.3. The lowest BCUT2D eigenvalue weighted by atomic mass is 10.1. The number of para-hydroxylation sites is 1. The molecule has 0 aliphatic rings. The second kappa shape index (κ2) is 4.82. The van der Waals surface area contributed by atoms with Crippen molar-refractivity contribution in [3.05, 3.63) is 54.1 Å². The minimum atomic E-state index is -0.108. The highest BCUT2D eigenvalue weighted by molar-refractivity contribution is 5.55. The SMILES string of the molecule is N#Cc1cccc(-[n+]2[nH]nnc2-c2ccccc2)c1O. The van der Waals surface area contributed by atoms with Crippen LogP contribution in [-0.4, -0.2) is 20.6 Å². The van der Waals surface area contributed by atoms with E-state index in [-0.39, 0.29) is 11.3 Å². The second-order valence-corrected chi connectivity index (χ2v) is 4.11. The van der Waals surface area contributed by atoms with E-state index < -0.39 is 0 Å². The number of nitrogens with one attached hydrogen (secondary N) is 1. The van der Waals surface area contributed by atoms with Crippen LogP contribution < -0.4 is 4.68 Å². The zero-order chi connectivity index (χ0) is 13.9. The summed E-state index contributed by atoms with van der Waals surface area (Å²) in [6.07, 6.45) is 0. The van der Waals surface area contributed by atoms with Crippen LogP contribution in [0.2, 0.25) is 0 Å². The zero-order valence-corrected chi connectivity index (χ0v) is 10.4. The summed E-state index contributed by atoms with van der Waals surface area (Å²) in [5.74, 6) is 0.444. The van der Waals surface area contributed by atoms with Crippen molar-refractivity contribution in [3.8, 4) is 28.9 Å². The third-order valence-electron chi connectivity index (χ3n) is 2.91. The molecule has 3 aromatic rings. The van der Waals surface area contributed by atoms with Crippen LogP contribution in [0.3, 0.4) is 0 Å². The Kier molecular flexibility index (Phi) is 2.86. The number of aromatic nitrogens is 4. The largest absolute Gasteiger partial charge is 0.503 e. The monoisotopic (exact) mass is 264 g/mol. The van der Waals surface area contributed by atoms with E-state index in [4.69, 9.17) is 5.26 Å². The van der Waals surface area contributed by atoms with Gasteiger partial charge in [-0.05, 0) is 24.3 Å². The zero-order valence-electron chi connectivity index (χ0n) is 10.4. The molecule has 0 aliphatic carbocycles. The Morgan fingerprint density at radius 1 is 1.10 bits per heavy atom. The molecule has 0 atom stereocenters. The highest BCUT2D eigenvalue weighted by Crippen LogP contribution is 2.23. The number of hydrogen-bond acceptors (Lipinski definition) is 4. The van der Waals surface area contributed by atoms with Gasteiger partial charge in [0.2, 0.25) is 0 Å². The summed E-state index contributed by atoms with van der Waals surface area (Å²) in [4.78, 5) is 0. The lowest BCUT2D eigenvalue weighted by molar-refractivity contribution is -0.650. The average molecular weight is 264 g/mol. The predicted molar refractivity (Wildman–Crippen MR) is 69.7 cm³/mol. The van der Waals surface area contributed by atoms with Crippen molar-refractivity contribution >= 4 is 0 Å². The third kappa shape index (κ3) is 1.87. The molecule has 0 amide bonds. The number of aromatic amines is 1. The quantitative estimate of drug-likeness (QED) is 0.683. The van der Waals surface area contributed by atoms with E-state index in [1.807, 2.05) is 36.4 Å². The third-order valence-corrected chi connectivity index (χ3v) is 2.91. The van der Waals surface area contributed by atoms with E-state index in [1.54, 1.807) is 18.2 Å². The van der Waals surface area contributed by atoms with Crippen LogP contribution >= 0.6 is 0 Å². The normalized spacial score (nSPS) is 10.2. The van der Waals surface area contributed by atoms with Gasteiger partial charge in [0.15, 0.2) is 16.7 Å². The Hall–Kier alpha value is -3.20. The van der Waals surface area contributed by atoms with Gasteiger partial charge in [0.25, 0.3) is 0 Å². The molecular formula is C14H10N5O+. The maximum absolute atomic E-state index is 10.1. The van der Waals surface area contributed by atoms with E-state index >= 15 is 0 Å². The molecule has 0 unspecified atom stereocenters. The maximum atomic E-state index is 10.1. The van der Waals surface area contributed by atoms with Crippen LogP contribution in [0.15, 0.2) is 48.5 Å². The molecule has 6 heteroatoms. The summed E-state index contributed by atoms with van der Waals surface area (Å²) < 4.78 is 1.53. The second-order valence-electron chi connectivity index (χ2n) is 4.11. The van der Waals surface area contributed by atoms with Crippen molar-refractivity contribution in [2.75, 3.05) is 0 Å². The van der Waals surface area contributed by atoms with Crippen molar-refractivity contribution in [3.63, 3.8) is 0 Å². The highest BCUT2D eigenvalue weighted by Gasteiger charge is 2.22. The summed E-state index contributed by atoms with van der Waals surface area (Å²) in [5, 5.41) is 29.6. The first kappa shape index (κ1) is 11.9. The number of tetrazole rings is 1. The Bertz CT molecular complexity index is 789. The van der Waals surface area contributed by atoms with Crippen LogP contribution in [0, 0.1) is 11.3 Å². The molecule has 6 nitrogen and oxygen atoms in total. The van der Waals surface area contributed by atoms with Crippen LogP contribution in [0.5, 0.6) is 5.75 Å². The van der Waals surface area contributed by atoms with E-state index in [9.17, 15) is 5.11 Å². The summed E-state index contributed by atoms with van der Waals surface area (Å²) in [5.41, 5.74) is 1.47. The first-order chi connectivity index (χ1) is 9.81. The predicted octanol–water partition coefficient (Wildman–Crippen LogP) is 1.33. The molecule has 0 bridgehead atoms. The number of benzene rings is 2. The Morgan fingerprint density at radius 3 is 2.65 bits per heavy atom.